The molecule has 2 nitrogen and oxygen atoms in total. The summed E-state index contributed by atoms with van der Waals surface area (Å²) in [6.07, 6.45) is 2.16. The van der Waals surface area contributed by atoms with Gasteiger partial charge in [-0.15, -0.1) is 11.3 Å². The molecule has 4 heteroatoms. The Hall–Kier alpha value is -0.0300. The predicted octanol–water partition coefficient (Wildman–Crippen LogP) is 3.04. The van der Waals surface area contributed by atoms with Crippen LogP contribution >= 0.6 is 23.1 Å². The summed E-state index contributed by atoms with van der Waals surface area (Å²) < 4.78 is 0. The summed E-state index contributed by atoms with van der Waals surface area (Å²) in [5.74, 6) is 1.21. The molecule has 1 heterocycles. The molecule has 0 fully saturated rings. The molecule has 0 bridgehead atoms. The summed E-state index contributed by atoms with van der Waals surface area (Å²) in [7, 11) is 2.20. The molecule has 1 aromatic heterocycles. The normalized spacial score (nSPS) is 11.6. The minimum absolute atomic E-state index is 0.560. The molecule has 0 radical (unpaired) electrons. The summed E-state index contributed by atoms with van der Waals surface area (Å²) in [5, 5.41) is 3.46. The number of thioether (sulfide) groups is 1. The Kier molecular flexibility index (Phi) is 7.19. The van der Waals surface area contributed by atoms with Crippen molar-refractivity contribution in [1.29, 1.82) is 0 Å². The van der Waals surface area contributed by atoms with Crippen molar-refractivity contribution in [2.24, 2.45) is 0 Å². The first kappa shape index (κ1) is 15.0. The summed E-state index contributed by atoms with van der Waals surface area (Å²) in [5.41, 5.74) is 0. The predicted molar refractivity (Wildman–Crippen MR) is 81.0 cm³/mol. The number of nitrogens with one attached hydrogen (secondary N) is 1. The molecule has 0 aromatic carbocycles. The van der Waals surface area contributed by atoms with E-state index in [1.54, 1.807) is 0 Å². The van der Waals surface area contributed by atoms with Crippen molar-refractivity contribution in [1.82, 2.24) is 10.2 Å². The molecule has 0 aliphatic heterocycles. The standard InChI is InChI=1S/C13H24N2S2/c1-11(2)14-9-12-5-6-13(17-12)10-15(3)7-8-16-4/h5-6,11,14H,7-10H2,1-4H3. The van der Waals surface area contributed by atoms with Crippen LogP contribution in [0.15, 0.2) is 12.1 Å². The molecule has 0 aliphatic rings. The SMILES string of the molecule is CSCCN(C)Cc1ccc(CNC(C)C)s1. The summed E-state index contributed by atoms with van der Waals surface area (Å²) in [6, 6.07) is 5.07. The fourth-order valence-corrected chi connectivity index (χ4v) is 3.04. The molecule has 1 N–H and O–H groups in total. The van der Waals surface area contributed by atoms with E-state index in [1.807, 2.05) is 23.1 Å². The van der Waals surface area contributed by atoms with Gasteiger partial charge in [0.25, 0.3) is 0 Å². The Morgan fingerprint density at radius 3 is 2.71 bits per heavy atom. The van der Waals surface area contributed by atoms with Crippen LogP contribution in [0.1, 0.15) is 23.6 Å². The first-order valence-corrected chi connectivity index (χ1v) is 8.31. The van der Waals surface area contributed by atoms with E-state index < -0.39 is 0 Å². The lowest BCUT2D eigenvalue weighted by Gasteiger charge is -2.14. The van der Waals surface area contributed by atoms with Gasteiger partial charge in [-0.3, -0.25) is 0 Å². The van der Waals surface area contributed by atoms with Crippen LogP contribution < -0.4 is 5.32 Å². The maximum atomic E-state index is 3.46. The van der Waals surface area contributed by atoms with Gasteiger partial charge in [0.1, 0.15) is 0 Å². The molecule has 0 spiro atoms. The van der Waals surface area contributed by atoms with Crippen LogP contribution in [0, 0.1) is 0 Å². The van der Waals surface area contributed by atoms with E-state index in [1.165, 1.54) is 22.1 Å². The lowest BCUT2D eigenvalue weighted by atomic mass is 10.3. The van der Waals surface area contributed by atoms with Gasteiger partial charge in [-0.1, -0.05) is 13.8 Å². The molecule has 98 valence electrons. The third kappa shape index (κ3) is 6.46. The van der Waals surface area contributed by atoms with E-state index >= 15 is 0 Å². The van der Waals surface area contributed by atoms with Crippen LogP contribution in [-0.2, 0) is 13.1 Å². The Balaban J connectivity index is 2.34. The molecule has 0 amide bonds. The fraction of sp³-hybridized carbons (Fsp3) is 0.692. The van der Waals surface area contributed by atoms with Crippen LogP contribution in [0.3, 0.4) is 0 Å². The highest BCUT2D eigenvalue weighted by Gasteiger charge is 2.04. The first-order valence-electron chi connectivity index (χ1n) is 6.10. The molecular weight excluding hydrogens is 248 g/mol. The van der Waals surface area contributed by atoms with Crippen molar-refractivity contribution in [3.8, 4) is 0 Å². The highest BCUT2D eigenvalue weighted by molar-refractivity contribution is 7.98. The van der Waals surface area contributed by atoms with Gasteiger partial charge in [0.2, 0.25) is 0 Å². The van der Waals surface area contributed by atoms with Gasteiger partial charge < -0.3 is 10.2 Å². The molecule has 0 unspecified atom stereocenters. The Labute approximate surface area is 114 Å². The highest BCUT2D eigenvalue weighted by Crippen LogP contribution is 2.18. The van der Waals surface area contributed by atoms with Crippen molar-refractivity contribution in [2.45, 2.75) is 33.0 Å². The zero-order valence-electron chi connectivity index (χ0n) is 11.3. The maximum absolute atomic E-state index is 3.46. The largest absolute Gasteiger partial charge is 0.310 e. The molecule has 1 aromatic rings. The number of hydrogen-bond donors (Lipinski definition) is 1. The third-order valence-corrected chi connectivity index (χ3v) is 4.17. The van der Waals surface area contributed by atoms with Gasteiger partial charge >= 0.3 is 0 Å². The van der Waals surface area contributed by atoms with Crippen LogP contribution in [0.2, 0.25) is 0 Å². The van der Waals surface area contributed by atoms with E-state index in [9.17, 15) is 0 Å². The molecular formula is C13H24N2S2. The lowest BCUT2D eigenvalue weighted by Crippen LogP contribution is -2.21. The van der Waals surface area contributed by atoms with Gasteiger partial charge in [-0.05, 0) is 25.4 Å². The first-order chi connectivity index (χ1) is 8.11. The molecule has 0 saturated heterocycles. The van der Waals surface area contributed by atoms with Crippen molar-refractivity contribution in [3.05, 3.63) is 21.9 Å². The van der Waals surface area contributed by atoms with Crippen LogP contribution in [0.5, 0.6) is 0 Å². The van der Waals surface area contributed by atoms with Crippen LogP contribution in [0.25, 0.3) is 0 Å². The molecule has 1 rings (SSSR count). The summed E-state index contributed by atoms with van der Waals surface area (Å²) >= 11 is 3.83. The van der Waals surface area contributed by atoms with Gasteiger partial charge in [0.05, 0.1) is 0 Å². The number of hydrogen-bond acceptors (Lipinski definition) is 4. The Morgan fingerprint density at radius 2 is 2.06 bits per heavy atom. The van der Waals surface area contributed by atoms with Gasteiger partial charge in [0, 0.05) is 41.2 Å². The van der Waals surface area contributed by atoms with Crippen molar-refractivity contribution >= 4 is 23.1 Å². The number of rotatable bonds is 8. The van der Waals surface area contributed by atoms with Crippen molar-refractivity contribution in [3.63, 3.8) is 0 Å². The van der Waals surface area contributed by atoms with E-state index in [0.29, 0.717) is 6.04 Å². The highest BCUT2D eigenvalue weighted by atomic mass is 32.2. The second-order valence-electron chi connectivity index (χ2n) is 4.63. The second kappa shape index (κ2) is 8.14. The monoisotopic (exact) mass is 272 g/mol. The smallest absolute Gasteiger partial charge is 0.0325 e. The van der Waals surface area contributed by atoms with E-state index in [-0.39, 0.29) is 0 Å². The summed E-state index contributed by atoms with van der Waals surface area (Å²) in [6.45, 7) is 7.61. The van der Waals surface area contributed by atoms with Crippen molar-refractivity contribution in [2.75, 3.05) is 25.6 Å². The Morgan fingerprint density at radius 1 is 1.35 bits per heavy atom. The average molecular weight is 272 g/mol. The zero-order chi connectivity index (χ0) is 12.7. The Bertz CT molecular complexity index is 310. The molecule has 17 heavy (non-hydrogen) atoms. The van der Waals surface area contributed by atoms with Crippen LogP contribution in [0.4, 0.5) is 0 Å². The minimum atomic E-state index is 0.560. The maximum Gasteiger partial charge on any atom is 0.0325 e. The molecule has 0 saturated carbocycles. The molecule has 0 aliphatic carbocycles. The zero-order valence-corrected chi connectivity index (χ0v) is 13.0. The van der Waals surface area contributed by atoms with Crippen LogP contribution in [-0.4, -0.2) is 36.5 Å². The second-order valence-corrected chi connectivity index (χ2v) is 6.87. The topological polar surface area (TPSA) is 15.3 Å². The van der Waals surface area contributed by atoms with Gasteiger partial charge in [-0.2, -0.15) is 11.8 Å². The van der Waals surface area contributed by atoms with Gasteiger partial charge in [0.15, 0.2) is 0 Å². The minimum Gasteiger partial charge on any atom is -0.310 e. The average Bonchev–Trinajstić information content (AvgIpc) is 2.71. The fourth-order valence-electron chi connectivity index (χ4n) is 1.50. The van der Waals surface area contributed by atoms with E-state index in [2.05, 4.69) is 49.5 Å². The number of thiophene rings is 1. The molecule has 0 atom stereocenters. The number of nitrogens with zero attached hydrogens (tertiary/aromatic N) is 1. The summed E-state index contributed by atoms with van der Waals surface area (Å²) in [4.78, 5) is 5.29. The van der Waals surface area contributed by atoms with E-state index in [4.69, 9.17) is 0 Å². The quantitative estimate of drug-likeness (QED) is 0.783. The van der Waals surface area contributed by atoms with Gasteiger partial charge in [-0.25, -0.2) is 0 Å². The lowest BCUT2D eigenvalue weighted by molar-refractivity contribution is 0.352. The third-order valence-electron chi connectivity index (χ3n) is 2.50. The van der Waals surface area contributed by atoms with E-state index in [0.717, 1.165) is 13.1 Å². The van der Waals surface area contributed by atoms with Crippen molar-refractivity contribution < 1.29 is 0 Å².